The van der Waals surface area contributed by atoms with E-state index in [-0.39, 0.29) is 11.3 Å². The zero-order valence-electron chi connectivity index (χ0n) is 10.2. The number of carbonyl (C=O) groups excluding carboxylic acids is 1. The second-order valence-corrected chi connectivity index (χ2v) is 4.04. The number of benzene rings is 1. The van der Waals surface area contributed by atoms with Crippen LogP contribution >= 0.6 is 15.9 Å². The van der Waals surface area contributed by atoms with Gasteiger partial charge >= 0.3 is 0 Å². The van der Waals surface area contributed by atoms with Crippen molar-refractivity contribution in [3.8, 4) is 0 Å². The van der Waals surface area contributed by atoms with Gasteiger partial charge in [0.05, 0.1) is 9.40 Å². The lowest BCUT2D eigenvalue weighted by atomic mass is 10.1. The van der Waals surface area contributed by atoms with E-state index < -0.39 is 4.92 Å². The van der Waals surface area contributed by atoms with E-state index in [9.17, 15) is 14.9 Å². The van der Waals surface area contributed by atoms with Crippen molar-refractivity contribution in [3.63, 3.8) is 0 Å². The molecule has 18 heavy (non-hydrogen) atoms. The normalized spacial score (nSPS) is 9.78. The van der Waals surface area contributed by atoms with E-state index in [1.807, 2.05) is 13.8 Å². The van der Waals surface area contributed by atoms with E-state index in [1.54, 1.807) is 6.92 Å². The molecular weight excluding hydrogens is 302 g/mol. The van der Waals surface area contributed by atoms with Gasteiger partial charge in [0.15, 0.2) is 6.29 Å². The first-order chi connectivity index (χ1) is 8.56. The van der Waals surface area contributed by atoms with Crippen molar-refractivity contribution in [1.29, 1.82) is 0 Å². The number of nitrogens with zero attached hydrogens (tertiary/aromatic N) is 2. The molecule has 1 aromatic heterocycles. The molecule has 0 saturated carbocycles. The fraction of sp³-hybridized carbons (Fsp3) is 0.273. The summed E-state index contributed by atoms with van der Waals surface area (Å²) in [7, 11) is 0. The van der Waals surface area contributed by atoms with Crippen LogP contribution in [0, 0.1) is 17.0 Å². The van der Waals surface area contributed by atoms with Gasteiger partial charge in [0.2, 0.25) is 0 Å². The van der Waals surface area contributed by atoms with E-state index >= 15 is 0 Å². The van der Waals surface area contributed by atoms with Gasteiger partial charge in [-0.25, -0.2) is 0 Å². The number of aromatic amines is 1. The average Bonchev–Trinajstić information content (AvgIpc) is 2.74. The number of nitrogens with one attached hydrogen (secondary N) is 1. The SMILES string of the molecule is CC.Cc1[nH]nc2c(Br)c(C=O)c([N+](=O)[O-])cc12. The molecule has 0 spiro atoms. The first kappa shape index (κ1) is 14.3. The lowest BCUT2D eigenvalue weighted by Gasteiger charge is -2.00. The zero-order chi connectivity index (χ0) is 13.9. The number of hydrogen-bond donors (Lipinski definition) is 1. The number of aldehydes is 1. The van der Waals surface area contributed by atoms with Gasteiger partial charge in [0.1, 0.15) is 11.1 Å². The highest BCUT2D eigenvalue weighted by Gasteiger charge is 2.21. The van der Waals surface area contributed by atoms with Gasteiger partial charge in [-0.05, 0) is 22.9 Å². The summed E-state index contributed by atoms with van der Waals surface area (Å²) in [6.07, 6.45) is 0.450. The predicted molar refractivity (Wildman–Crippen MR) is 71.9 cm³/mol. The maximum absolute atomic E-state index is 10.8. The Hall–Kier alpha value is -1.76. The number of hydrogen-bond acceptors (Lipinski definition) is 4. The van der Waals surface area contributed by atoms with E-state index in [2.05, 4.69) is 26.1 Å². The van der Waals surface area contributed by atoms with Gasteiger partial charge in [-0.1, -0.05) is 13.8 Å². The molecule has 0 saturated heterocycles. The third-order valence-corrected chi connectivity index (χ3v) is 3.11. The van der Waals surface area contributed by atoms with Gasteiger partial charge < -0.3 is 0 Å². The fourth-order valence-corrected chi connectivity index (χ4v) is 2.10. The van der Waals surface area contributed by atoms with Crippen molar-refractivity contribution in [2.75, 3.05) is 0 Å². The molecule has 1 aromatic carbocycles. The van der Waals surface area contributed by atoms with Gasteiger partial charge in [-0.2, -0.15) is 5.10 Å². The lowest BCUT2D eigenvalue weighted by molar-refractivity contribution is -0.385. The Bertz CT molecular complexity index is 607. The van der Waals surface area contributed by atoms with Crippen LogP contribution in [0.2, 0.25) is 0 Å². The maximum Gasteiger partial charge on any atom is 0.281 e. The van der Waals surface area contributed by atoms with Gasteiger partial charge in [0.25, 0.3) is 5.69 Å². The Morgan fingerprint density at radius 3 is 2.61 bits per heavy atom. The van der Waals surface area contributed by atoms with Crippen molar-refractivity contribution in [2.45, 2.75) is 20.8 Å². The first-order valence-electron chi connectivity index (χ1n) is 5.33. The summed E-state index contributed by atoms with van der Waals surface area (Å²) >= 11 is 3.16. The van der Waals surface area contributed by atoms with Crippen molar-refractivity contribution in [2.24, 2.45) is 0 Å². The van der Waals surface area contributed by atoms with Crippen molar-refractivity contribution in [1.82, 2.24) is 10.2 Å². The van der Waals surface area contributed by atoms with Crippen LogP contribution in [0.3, 0.4) is 0 Å². The molecule has 6 nitrogen and oxygen atoms in total. The Morgan fingerprint density at radius 2 is 2.11 bits per heavy atom. The number of H-pyrrole nitrogens is 1. The van der Waals surface area contributed by atoms with Gasteiger partial charge in [0, 0.05) is 17.1 Å². The third-order valence-electron chi connectivity index (χ3n) is 2.31. The highest BCUT2D eigenvalue weighted by Crippen LogP contribution is 2.33. The van der Waals surface area contributed by atoms with Crippen LogP contribution in [0.15, 0.2) is 10.5 Å². The average molecular weight is 314 g/mol. The topological polar surface area (TPSA) is 88.9 Å². The molecule has 7 heteroatoms. The standard InChI is InChI=1S/C9H6BrN3O3.C2H6/c1-4-5-2-7(13(15)16)6(3-14)8(10)9(5)12-11-4;1-2/h2-3H,1H3,(H,11,12);1-2H3. The zero-order valence-corrected chi connectivity index (χ0v) is 11.7. The second-order valence-electron chi connectivity index (χ2n) is 3.24. The number of carbonyl (C=O) groups is 1. The fourth-order valence-electron chi connectivity index (χ4n) is 1.50. The summed E-state index contributed by atoms with van der Waals surface area (Å²) in [4.78, 5) is 21.1. The van der Waals surface area contributed by atoms with Crippen LogP contribution in [-0.2, 0) is 0 Å². The van der Waals surface area contributed by atoms with E-state index in [0.29, 0.717) is 21.7 Å². The third kappa shape index (κ3) is 2.26. The second kappa shape index (κ2) is 5.72. The molecule has 0 fully saturated rings. The molecule has 0 atom stereocenters. The van der Waals surface area contributed by atoms with Crippen LogP contribution in [0.4, 0.5) is 5.69 Å². The summed E-state index contributed by atoms with van der Waals surface area (Å²) in [5.74, 6) is 0. The molecule has 0 aliphatic heterocycles. The van der Waals surface area contributed by atoms with Crippen molar-refractivity contribution >= 4 is 38.8 Å². The number of nitro groups is 1. The van der Waals surface area contributed by atoms with Crippen LogP contribution < -0.4 is 0 Å². The summed E-state index contributed by atoms with van der Waals surface area (Å²) in [5.41, 5.74) is 1.02. The molecule has 0 unspecified atom stereocenters. The Kier molecular flexibility index (Phi) is 4.55. The number of fused-ring (bicyclic) bond motifs is 1. The van der Waals surface area contributed by atoms with E-state index in [0.717, 1.165) is 5.69 Å². The van der Waals surface area contributed by atoms with Crippen LogP contribution in [0.25, 0.3) is 10.9 Å². The summed E-state index contributed by atoms with van der Waals surface area (Å²) in [6.45, 7) is 5.76. The smallest absolute Gasteiger partial charge is 0.281 e. The van der Waals surface area contributed by atoms with Crippen LogP contribution in [0.1, 0.15) is 29.9 Å². The molecule has 96 valence electrons. The highest BCUT2D eigenvalue weighted by atomic mass is 79.9. The molecule has 0 bridgehead atoms. The number of rotatable bonds is 2. The quantitative estimate of drug-likeness (QED) is 0.523. The van der Waals surface area contributed by atoms with Crippen LogP contribution in [0.5, 0.6) is 0 Å². The maximum atomic E-state index is 10.8. The molecule has 1 N–H and O–H groups in total. The summed E-state index contributed by atoms with van der Waals surface area (Å²) in [6, 6.07) is 1.35. The first-order valence-corrected chi connectivity index (χ1v) is 6.12. The largest absolute Gasteiger partial charge is 0.298 e. The molecule has 0 amide bonds. The number of aryl methyl sites for hydroxylation is 1. The lowest BCUT2D eigenvalue weighted by Crippen LogP contribution is -1.96. The van der Waals surface area contributed by atoms with E-state index in [1.165, 1.54) is 6.07 Å². The van der Waals surface area contributed by atoms with Gasteiger partial charge in [-0.15, -0.1) is 0 Å². The number of halogens is 1. The predicted octanol–water partition coefficient (Wildman–Crippen LogP) is 3.38. The minimum atomic E-state index is -0.583. The van der Waals surface area contributed by atoms with Gasteiger partial charge in [-0.3, -0.25) is 20.0 Å². The van der Waals surface area contributed by atoms with E-state index in [4.69, 9.17) is 0 Å². The highest BCUT2D eigenvalue weighted by molar-refractivity contribution is 9.10. The van der Waals surface area contributed by atoms with Crippen molar-refractivity contribution in [3.05, 3.63) is 31.9 Å². The van der Waals surface area contributed by atoms with Crippen molar-refractivity contribution < 1.29 is 9.72 Å². The molecule has 2 aromatic rings. The molecule has 0 aliphatic rings. The minimum absolute atomic E-state index is 0.00370. The molecular formula is C11H12BrN3O3. The summed E-state index contributed by atoms with van der Waals surface area (Å²) in [5, 5.41) is 18.1. The molecule has 0 radical (unpaired) electrons. The summed E-state index contributed by atoms with van der Waals surface area (Å²) < 4.78 is 0.344. The molecule has 2 rings (SSSR count). The minimum Gasteiger partial charge on any atom is -0.298 e. The monoisotopic (exact) mass is 313 g/mol. The number of aromatic nitrogens is 2. The number of nitro benzene ring substituents is 1. The molecule has 0 aliphatic carbocycles. The Balaban J connectivity index is 0.000000771. The molecule has 1 heterocycles. The Morgan fingerprint density at radius 1 is 1.50 bits per heavy atom. The van der Waals surface area contributed by atoms with Crippen LogP contribution in [-0.4, -0.2) is 21.4 Å². The Labute approximate surface area is 112 Å².